The van der Waals surface area contributed by atoms with Gasteiger partial charge in [0, 0.05) is 12.6 Å². The molecular formula is C12H9F3N2O2. The van der Waals surface area contributed by atoms with Crippen LogP contribution in [0.25, 0.3) is 11.3 Å². The maximum Gasteiger partial charge on any atom is 0.417 e. The van der Waals surface area contributed by atoms with Gasteiger partial charge < -0.3 is 5.11 Å². The first-order chi connectivity index (χ1) is 8.80. The number of carboxylic acid groups (broad SMARTS) is 1. The van der Waals surface area contributed by atoms with E-state index in [9.17, 15) is 18.0 Å². The molecule has 0 saturated carbocycles. The van der Waals surface area contributed by atoms with Gasteiger partial charge in [0.1, 0.15) is 0 Å². The highest BCUT2D eigenvalue weighted by Gasteiger charge is 2.34. The lowest BCUT2D eigenvalue weighted by Crippen LogP contribution is -2.08. The van der Waals surface area contributed by atoms with E-state index < -0.39 is 17.7 Å². The van der Waals surface area contributed by atoms with E-state index in [1.54, 1.807) is 0 Å². The van der Waals surface area contributed by atoms with E-state index in [4.69, 9.17) is 5.11 Å². The summed E-state index contributed by atoms with van der Waals surface area (Å²) in [5.74, 6) is -1.29. The fourth-order valence-corrected chi connectivity index (χ4v) is 1.78. The second-order valence-corrected chi connectivity index (χ2v) is 3.89. The van der Waals surface area contributed by atoms with Gasteiger partial charge in [-0.15, -0.1) is 0 Å². The molecule has 7 heteroatoms. The largest absolute Gasteiger partial charge is 0.476 e. The highest BCUT2D eigenvalue weighted by Crippen LogP contribution is 2.36. The average Bonchev–Trinajstić information content (AvgIpc) is 2.70. The van der Waals surface area contributed by atoms with Crippen molar-refractivity contribution in [2.24, 2.45) is 7.05 Å². The van der Waals surface area contributed by atoms with Gasteiger partial charge in [0.25, 0.3) is 0 Å². The monoisotopic (exact) mass is 270 g/mol. The molecule has 0 aliphatic carbocycles. The Bertz CT molecular complexity index is 632. The first-order valence-corrected chi connectivity index (χ1v) is 5.24. The van der Waals surface area contributed by atoms with Crippen LogP contribution >= 0.6 is 0 Å². The summed E-state index contributed by atoms with van der Waals surface area (Å²) in [6.45, 7) is 0. The van der Waals surface area contributed by atoms with Gasteiger partial charge in [-0.2, -0.15) is 18.3 Å². The third-order valence-electron chi connectivity index (χ3n) is 2.61. The van der Waals surface area contributed by atoms with Crippen LogP contribution in [0.5, 0.6) is 0 Å². The summed E-state index contributed by atoms with van der Waals surface area (Å²) in [5, 5.41) is 12.5. The maximum absolute atomic E-state index is 12.9. The minimum absolute atomic E-state index is 0.0995. The number of alkyl halides is 3. The van der Waals surface area contributed by atoms with Crippen LogP contribution in [-0.2, 0) is 13.2 Å². The number of rotatable bonds is 2. The molecule has 0 fully saturated rings. The summed E-state index contributed by atoms with van der Waals surface area (Å²) in [6.07, 6.45) is -4.51. The van der Waals surface area contributed by atoms with Gasteiger partial charge in [0.15, 0.2) is 5.69 Å². The number of halogens is 3. The van der Waals surface area contributed by atoms with Crippen LogP contribution in [0.3, 0.4) is 0 Å². The quantitative estimate of drug-likeness (QED) is 0.912. The molecule has 1 N–H and O–H groups in total. The first-order valence-electron chi connectivity index (χ1n) is 5.24. The third kappa shape index (κ3) is 2.44. The second kappa shape index (κ2) is 4.42. The smallest absolute Gasteiger partial charge is 0.417 e. The fraction of sp³-hybridized carbons (Fsp3) is 0.167. The van der Waals surface area contributed by atoms with Crippen molar-refractivity contribution >= 4 is 5.97 Å². The Labute approximate surface area is 106 Å². The molecule has 0 aliphatic heterocycles. The lowest BCUT2D eigenvalue weighted by molar-refractivity contribution is -0.137. The number of nitrogens with zero attached hydrogens (tertiary/aromatic N) is 2. The summed E-state index contributed by atoms with van der Waals surface area (Å²) >= 11 is 0. The summed E-state index contributed by atoms with van der Waals surface area (Å²) in [6, 6.07) is 6.08. The molecule has 100 valence electrons. The van der Waals surface area contributed by atoms with Crippen molar-refractivity contribution < 1.29 is 23.1 Å². The summed E-state index contributed by atoms with van der Waals surface area (Å²) in [7, 11) is 1.40. The van der Waals surface area contributed by atoms with E-state index in [0.717, 1.165) is 16.8 Å². The first kappa shape index (κ1) is 13.1. The highest BCUT2D eigenvalue weighted by atomic mass is 19.4. The van der Waals surface area contributed by atoms with E-state index in [2.05, 4.69) is 5.10 Å². The van der Waals surface area contributed by atoms with E-state index in [1.165, 1.54) is 25.2 Å². The molecule has 4 nitrogen and oxygen atoms in total. The zero-order valence-electron chi connectivity index (χ0n) is 9.77. The number of benzene rings is 1. The molecular weight excluding hydrogens is 261 g/mol. The molecule has 1 aromatic carbocycles. The number of aryl methyl sites for hydroxylation is 1. The molecule has 0 spiro atoms. The van der Waals surface area contributed by atoms with E-state index in [1.807, 2.05) is 0 Å². The topological polar surface area (TPSA) is 55.1 Å². The molecule has 0 unspecified atom stereocenters. The van der Waals surface area contributed by atoms with Gasteiger partial charge in [-0.25, -0.2) is 4.79 Å². The summed E-state index contributed by atoms with van der Waals surface area (Å²) in [5.41, 5.74) is -1.12. The molecule has 2 rings (SSSR count). The van der Waals surface area contributed by atoms with Gasteiger partial charge in [0.2, 0.25) is 0 Å². The van der Waals surface area contributed by atoms with Gasteiger partial charge in [-0.3, -0.25) is 4.68 Å². The van der Waals surface area contributed by atoms with Gasteiger partial charge in [0.05, 0.1) is 11.3 Å². The lowest BCUT2D eigenvalue weighted by Gasteiger charge is -2.12. The lowest BCUT2D eigenvalue weighted by atomic mass is 10.0. The normalized spacial score (nSPS) is 11.6. The van der Waals surface area contributed by atoms with Crippen LogP contribution in [0.2, 0.25) is 0 Å². The number of carboxylic acids is 1. The van der Waals surface area contributed by atoms with Gasteiger partial charge >= 0.3 is 12.1 Å². The van der Waals surface area contributed by atoms with Crippen LogP contribution in [0.1, 0.15) is 16.1 Å². The Kier molecular flexibility index (Phi) is 3.05. The predicted molar refractivity (Wildman–Crippen MR) is 60.6 cm³/mol. The minimum atomic E-state index is -4.51. The third-order valence-corrected chi connectivity index (χ3v) is 2.61. The van der Waals surface area contributed by atoms with Crippen LogP contribution in [0.4, 0.5) is 13.2 Å². The average molecular weight is 270 g/mol. The Hall–Kier alpha value is -2.31. The molecule has 0 bridgehead atoms. The van der Waals surface area contributed by atoms with Crippen LogP contribution in [0.15, 0.2) is 30.3 Å². The Morgan fingerprint density at radius 2 is 1.95 bits per heavy atom. The number of carbonyl (C=O) groups is 1. The summed E-state index contributed by atoms with van der Waals surface area (Å²) in [4.78, 5) is 10.8. The highest BCUT2D eigenvalue weighted by molar-refractivity contribution is 5.87. The van der Waals surface area contributed by atoms with Crippen LogP contribution < -0.4 is 0 Å². The second-order valence-electron chi connectivity index (χ2n) is 3.89. The molecule has 19 heavy (non-hydrogen) atoms. The van der Waals surface area contributed by atoms with Gasteiger partial charge in [-0.1, -0.05) is 18.2 Å². The maximum atomic E-state index is 12.9. The predicted octanol–water partition coefficient (Wildman–Crippen LogP) is 2.80. The number of aromatic nitrogens is 2. The van der Waals surface area contributed by atoms with E-state index >= 15 is 0 Å². The van der Waals surface area contributed by atoms with Crippen molar-refractivity contribution in [3.8, 4) is 11.3 Å². The van der Waals surface area contributed by atoms with Crippen LogP contribution in [-0.4, -0.2) is 20.9 Å². The standard InChI is InChI=1S/C12H9F3N2O2/c1-17-10(6-9(16-17)11(18)19)7-4-2-3-5-8(7)12(13,14)15/h2-6H,1H3,(H,18,19). The van der Waals surface area contributed by atoms with Crippen molar-refractivity contribution in [3.63, 3.8) is 0 Å². The molecule has 0 aliphatic rings. The molecule has 0 atom stereocenters. The zero-order valence-corrected chi connectivity index (χ0v) is 9.77. The van der Waals surface area contributed by atoms with Gasteiger partial charge in [-0.05, 0) is 12.1 Å². The van der Waals surface area contributed by atoms with E-state index in [-0.39, 0.29) is 17.0 Å². The Balaban J connectivity index is 2.63. The van der Waals surface area contributed by atoms with Crippen molar-refractivity contribution in [1.82, 2.24) is 9.78 Å². The number of hydrogen-bond donors (Lipinski definition) is 1. The van der Waals surface area contributed by atoms with Crippen LogP contribution in [0, 0.1) is 0 Å². The van der Waals surface area contributed by atoms with Crippen molar-refractivity contribution in [3.05, 3.63) is 41.6 Å². The van der Waals surface area contributed by atoms with Crippen molar-refractivity contribution in [2.75, 3.05) is 0 Å². The van der Waals surface area contributed by atoms with Crippen molar-refractivity contribution in [1.29, 1.82) is 0 Å². The number of hydrogen-bond acceptors (Lipinski definition) is 2. The molecule has 2 aromatic rings. The number of aromatic carboxylic acids is 1. The molecule has 0 amide bonds. The SMILES string of the molecule is Cn1nc(C(=O)O)cc1-c1ccccc1C(F)(F)F. The molecule has 0 saturated heterocycles. The Morgan fingerprint density at radius 1 is 1.32 bits per heavy atom. The Morgan fingerprint density at radius 3 is 2.47 bits per heavy atom. The summed E-state index contributed by atoms with van der Waals surface area (Å²) < 4.78 is 39.8. The fourth-order valence-electron chi connectivity index (χ4n) is 1.78. The minimum Gasteiger partial charge on any atom is -0.476 e. The van der Waals surface area contributed by atoms with Crippen molar-refractivity contribution in [2.45, 2.75) is 6.18 Å². The molecule has 0 radical (unpaired) electrons. The zero-order chi connectivity index (χ0) is 14.2. The molecule has 1 heterocycles. The van der Waals surface area contributed by atoms with E-state index in [0.29, 0.717) is 0 Å². The molecule has 1 aromatic heterocycles.